The van der Waals surface area contributed by atoms with Crippen LogP contribution in [-0.4, -0.2) is 19.0 Å². The van der Waals surface area contributed by atoms with Crippen LogP contribution >= 0.6 is 15.9 Å². The van der Waals surface area contributed by atoms with Crippen molar-refractivity contribution in [2.24, 2.45) is 17.4 Å². The first kappa shape index (κ1) is 15.3. The fourth-order valence-electron chi connectivity index (χ4n) is 2.64. The van der Waals surface area contributed by atoms with Gasteiger partial charge in [-0.1, -0.05) is 6.07 Å². The fraction of sp³-hybridized carbons (Fsp3) is 0.500. The van der Waals surface area contributed by atoms with Gasteiger partial charge < -0.3 is 16.4 Å². The van der Waals surface area contributed by atoms with E-state index >= 15 is 0 Å². The van der Waals surface area contributed by atoms with Crippen LogP contribution in [0.15, 0.2) is 16.6 Å². The molecule has 1 fully saturated rings. The zero-order chi connectivity index (χ0) is 14.7. The van der Waals surface area contributed by atoms with Crippen LogP contribution in [0.5, 0.6) is 0 Å². The van der Waals surface area contributed by atoms with Gasteiger partial charge in [0, 0.05) is 26.1 Å². The molecule has 4 N–H and O–H groups in total. The number of halogens is 2. The SMILES string of the molecule is NCc1ccc(N2CCC(CC(N)=O)CC2)c(F)c1Br. The Labute approximate surface area is 126 Å². The van der Waals surface area contributed by atoms with E-state index in [-0.39, 0.29) is 11.7 Å². The Bertz CT molecular complexity index is 501. The summed E-state index contributed by atoms with van der Waals surface area (Å²) in [6.07, 6.45) is 2.14. The Morgan fingerprint density at radius 2 is 2.05 bits per heavy atom. The molecule has 0 atom stereocenters. The van der Waals surface area contributed by atoms with Crippen LogP contribution in [0.25, 0.3) is 0 Å². The predicted octanol–water partition coefficient (Wildman–Crippen LogP) is 2.14. The standard InChI is InChI=1S/C14H19BrFN3O/c15-13-10(8-17)1-2-11(14(13)16)19-5-3-9(4-6-19)7-12(18)20/h1-2,9H,3-8,17H2,(H2,18,20). The van der Waals surface area contributed by atoms with Crippen LogP contribution in [0.4, 0.5) is 10.1 Å². The number of rotatable bonds is 4. The molecule has 0 radical (unpaired) electrons. The van der Waals surface area contributed by atoms with Crippen LogP contribution in [0.2, 0.25) is 0 Å². The third-order valence-electron chi connectivity index (χ3n) is 3.81. The first-order valence-electron chi connectivity index (χ1n) is 6.73. The molecule has 0 spiro atoms. The second-order valence-corrected chi connectivity index (χ2v) is 5.97. The Hall–Kier alpha value is -1.14. The third kappa shape index (κ3) is 3.30. The van der Waals surface area contributed by atoms with E-state index in [1.807, 2.05) is 11.0 Å². The monoisotopic (exact) mass is 343 g/mol. The number of carbonyl (C=O) groups excluding carboxylic acids is 1. The van der Waals surface area contributed by atoms with Gasteiger partial charge in [-0.15, -0.1) is 0 Å². The van der Waals surface area contributed by atoms with Gasteiger partial charge in [-0.05, 0) is 46.3 Å². The largest absolute Gasteiger partial charge is 0.370 e. The predicted molar refractivity (Wildman–Crippen MR) is 80.7 cm³/mol. The molecule has 1 aromatic rings. The second-order valence-electron chi connectivity index (χ2n) is 5.18. The summed E-state index contributed by atoms with van der Waals surface area (Å²) < 4.78 is 14.8. The average molecular weight is 344 g/mol. The zero-order valence-electron chi connectivity index (χ0n) is 11.2. The molecule has 1 aliphatic rings. The molecule has 1 aromatic carbocycles. The lowest BCUT2D eigenvalue weighted by molar-refractivity contribution is -0.119. The Morgan fingerprint density at radius 1 is 1.40 bits per heavy atom. The molecule has 0 aromatic heterocycles. The van der Waals surface area contributed by atoms with Crippen molar-refractivity contribution in [1.29, 1.82) is 0 Å². The molecule has 0 aliphatic carbocycles. The number of hydrogen-bond donors (Lipinski definition) is 2. The van der Waals surface area contributed by atoms with Crippen LogP contribution in [0, 0.1) is 11.7 Å². The van der Waals surface area contributed by atoms with Gasteiger partial charge in [0.1, 0.15) is 0 Å². The number of anilines is 1. The summed E-state index contributed by atoms with van der Waals surface area (Å²) in [4.78, 5) is 12.9. The first-order chi connectivity index (χ1) is 9.52. The van der Waals surface area contributed by atoms with Gasteiger partial charge in [0.2, 0.25) is 5.91 Å². The van der Waals surface area contributed by atoms with E-state index in [0.717, 1.165) is 31.5 Å². The summed E-state index contributed by atoms with van der Waals surface area (Å²) in [6, 6.07) is 3.62. The maximum absolute atomic E-state index is 14.3. The maximum atomic E-state index is 14.3. The molecule has 1 aliphatic heterocycles. The lowest BCUT2D eigenvalue weighted by Gasteiger charge is -2.33. The van der Waals surface area contributed by atoms with Crippen molar-refractivity contribution in [3.05, 3.63) is 28.0 Å². The van der Waals surface area contributed by atoms with Crippen molar-refractivity contribution in [3.63, 3.8) is 0 Å². The molecule has 6 heteroatoms. The number of amides is 1. The molecule has 1 amide bonds. The third-order valence-corrected chi connectivity index (χ3v) is 4.66. The van der Waals surface area contributed by atoms with Crippen LogP contribution in [-0.2, 0) is 11.3 Å². The summed E-state index contributed by atoms with van der Waals surface area (Å²) in [7, 11) is 0. The number of nitrogens with zero attached hydrogens (tertiary/aromatic N) is 1. The van der Waals surface area contributed by atoms with Crippen LogP contribution in [0.3, 0.4) is 0 Å². The highest BCUT2D eigenvalue weighted by Crippen LogP contribution is 2.32. The molecule has 1 saturated heterocycles. The van der Waals surface area contributed by atoms with E-state index < -0.39 is 0 Å². The minimum Gasteiger partial charge on any atom is -0.370 e. The molecule has 0 saturated carbocycles. The van der Waals surface area contributed by atoms with Gasteiger partial charge in [-0.3, -0.25) is 4.79 Å². The summed E-state index contributed by atoms with van der Waals surface area (Å²) in [5.41, 5.74) is 12.1. The molecule has 2 rings (SSSR count). The van der Waals surface area contributed by atoms with Crippen molar-refractivity contribution in [1.82, 2.24) is 0 Å². The minimum absolute atomic E-state index is 0.260. The van der Waals surface area contributed by atoms with Gasteiger partial charge in [-0.2, -0.15) is 0 Å². The Morgan fingerprint density at radius 3 is 2.60 bits per heavy atom. The van der Waals surface area contributed by atoms with Crippen LogP contribution < -0.4 is 16.4 Å². The molecule has 0 unspecified atom stereocenters. The molecular formula is C14H19BrFN3O. The van der Waals surface area contributed by atoms with E-state index in [1.54, 1.807) is 6.07 Å². The maximum Gasteiger partial charge on any atom is 0.217 e. The molecule has 20 heavy (non-hydrogen) atoms. The quantitative estimate of drug-likeness (QED) is 0.879. The number of piperidine rings is 1. The van der Waals surface area contributed by atoms with Crippen molar-refractivity contribution >= 4 is 27.5 Å². The number of carbonyl (C=O) groups is 1. The minimum atomic E-state index is -0.263. The smallest absolute Gasteiger partial charge is 0.217 e. The van der Waals surface area contributed by atoms with Gasteiger partial charge in [0.15, 0.2) is 5.82 Å². The zero-order valence-corrected chi connectivity index (χ0v) is 12.8. The lowest BCUT2D eigenvalue weighted by Crippen LogP contribution is -2.35. The van der Waals surface area contributed by atoms with Crippen LogP contribution in [0.1, 0.15) is 24.8 Å². The summed E-state index contributed by atoms with van der Waals surface area (Å²) in [5.74, 6) is -0.204. The number of benzene rings is 1. The highest BCUT2D eigenvalue weighted by Gasteiger charge is 2.23. The van der Waals surface area contributed by atoms with Crippen molar-refractivity contribution in [2.75, 3.05) is 18.0 Å². The number of primary amides is 1. The molecule has 110 valence electrons. The molecule has 4 nitrogen and oxygen atoms in total. The topological polar surface area (TPSA) is 72.3 Å². The highest BCUT2D eigenvalue weighted by molar-refractivity contribution is 9.10. The van der Waals surface area contributed by atoms with Gasteiger partial charge in [0.05, 0.1) is 10.2 Å². The van der Waals surface area contributed by atoms with E-state index in [0.29, 0.717) is 29.0 Å². The van der Waals surface area contributed by atoms with E-state index in [1.165, 1.54) is 0 Å². The number of hydrogen-bond acceptors (Lipinski definition) is 3. The molecular weight excluding hydrogens is 325 g/mol. The van der Waals surface area contributed by atoms with Gasteiger partial charge in [-0.25, -0.2) is 4.39 Å². The molecule has 0 bridgehead atoms. The van der Waals surface area contributed by atoms with E-state index in [9.17, 15) is 9.18 Å². The first-order valence-corrected chi connectivity index (χ1v) is 7.52. The summed E-state index contributed by atoms with van der Waals surface area (Å²) >= 11 is 3.26. The average Bonchev–Trinajstić information content (AvgIpc) is 2.42. The second kappa shape index (κ2) is 6.54. The van der Waals surface area contributed by atoms with Gasteiger partial charge in [0.25, 0.3) is 0 Å². The normalized spacial score (nSPS) is 16.4. The Balaban J connectivity index is 2.07. The van der Waals surface area contributed by atoms with Crippen molar-refractivity contribution in [3.8, 4) is 0 Å². The highest BCUT2D eigenvalue weighted by atomic mass is 79.9. The Kier molecular flexibility index (Phi) is 4.99. The summed E-state index contributed by atoms with van der Waals surface area (Å²) in [6.45, 7) is 1.78. The molecule has 1 heterocycles. The fourth-order valence-corrected chi connectivity index (χ4v) is 3.14. The lowest BCUT2D eigenvalue weighted by atomic mass is 9.93. The van der Waals surface area contributed by atoms with Crippen molar-refractivity contribution in [2.45, 2.75) is 25.8 Å². The van der Waals surface area contributed by atoms with E-state index in [2.05, 4.69) is 15.9 Å². The number of nitrogens with two attached hydrogens (primary N) is 2. The van der Waals surface area contributed by atoms with Gasteiger partial charge >= 0.3 is 0 Å². The summed E-state index contributed by atoms with van der Waals surface area (Å²) in [5, 5.41) is 0. The van der Waals surface area contributed by atoms with E-state index in [4.69, 9.17) is 11.5 Å². The van der Waals surface area contributed by atoms with Crippen molar-refractivity contribution < 1.29 is 9.18 Å².